The molecule has 0 aromatic carbocycles. The van der Waals surface area contributed by atoms with Gasteiger partial charge in [0.2, 0.25) is 0 Å². The van der Waals surface area contributed by atoms with Gasteiger partial charge in [0, 0.05) is 12.5 Å². The molecule has 1 aliphatic heterocycles. The Morgan fingerprint density at radius 3 is 2.88 bits per heavy atom. The number of anilines is 2. The van der Waals surface area contributed by atoms with Crippen molar-refractivity contribution in [2.45, 2.75) is 20.3 Å². The average Bonchev–Trinajstić information content (AvgIpc) is 2.63. The maximum absolute atomic E-state index is 11.8. The summed E-state index contributed by atoms with van der Waals surface area (Å²) in [4.78, 5) is 28.4. The van der Waals surface area contributed by atoms with Gasteiger partial charge in [0.15, 0.2) is 5.78 Å². The van der Waals surface area contributed by atoms with Crippen LogP contribution >= 0.6 is 0 Å². The van der Waals surface area contributed by atoms with Crippen LogP contribution in [0, 0.1) is 6.92 Å². The average molecular weight is 337 g/mol. The first-order chi connectivity index (χ1) is 12.1. The minimum Gasteiger partial charge on any atom is -0.384 e. The maximum atomic E-state index is 11.8. The second-order valence-electron chi connectivity index (χ2n) is 5.58. The monoisotopic (exact) mass is 337 g/mol. The molecule has 0 amide bonds. The highest BCUT2D eigenvalue weighted by Crippen LogP contribution is 2.22. The molecule has 2 aromatic rings. The van der Waals surface area contributed by atoms with E-state index < -0.39 is 0 Å². The Morgan fingerprint density at radius 1 is 1.32 bits per heavy atom. The summed E-state index contributed by atoms with van der Waals surface area (Å²) in [5, 5.41) is 6.43. The van der Waals surface area contributed by atoms with E-state index in [0.29, 0.717) is 30.2 Å². The maximum Gasteiger partial charge on any atom is 0.180 e. The molecule has 0 unspecified atom stereocenters. The SMILES string of the molecule is CCC(=O)c1cc(C)c(NC2=C(c3cc(N)ncn3)NC=NC2)cn1. The van der Waals surface area contributed by atoms with Gasteiger partial charge in [-0.2, -0.15) is 0 Å². The molecular weight excluding hydrogens is 318 g/mol. The lowest BCUT2D eigenvalue weighted by atomic mass is 10.1. The minimum atomic E-state index is 0.0231. The predicted molar refractivity (Wildman–Crippen MR) is 97.1 cm³/mol. The van der Waals surface area contributed by atoms with Gasteiger partial charge in [0.25, 0.3) is 0 Å². The van der Waals surface area contributed by atoms with E-state index in [2.05, 4.69) is 30.6 Å². The fourth-order valence-corrected chi connectivity index (χ4v) is 2.44. The van der Waals surface area contributed by atoms with Crippen LogP contribution in [0.5, 0.6) is 0 Å². The lowest BCUT2D eigenvalue weighted by Crippen LogP contribution is -2.23. The molecule has 0 radical (unpaired) electrons. The Bertz CT molecular complexity index is 873. The van der Waals surface area contributed by atoms with E-state index >= 15 is 0 Å². The molecular formula is C17H19N7O. The number of nitrogen functional groups attached to an aromatic ring is 1. The van der Waals surface area contributed by atoms with Crippen LogP contribution in [-0.2, 0) is 0 Å². The van der Waals surface area contributed by atoms with Crippen LogP contribution in [0.25, 0.3) is 5.70 Å². The Kier molecular flexibility index (Phi) is 4.69. The Balaban J connectivity index is 1.93. The topological polar surface area (TPSA) is 118 Å². The number of ketones is 1. The quantitative estimate of drug-likeness (QED) is 0.711. The van der Waals surface area contributed by atoms with Crippen molar-refractivity contribution in [3.05, 3.63) is 47.3 Å². The highest BCUT2D eigenvalue weighted by atomic mass is 16.1. The summed E-state index contributed by atoms with van der Waals surface area (Å²) in [5.41, 5.74) is 10.2. The molecule has 8 nitrogen and oxygen atoms in total. The van der Waals surface area contributed by atoms with Crippen molar-refractivity contribution in [1.29, 1.82) is 0 Å². The molecule has 1 aliphatic rings. The molecule has 8 heteroatoms. The number of aromatic nitrogens is 3. The van der Waals surface area contributed by atoms with Gasteiger partial charge >= 0.3 is 0 Å². The second kappa shape index (κ2) is 7.08. The number of nitrogens with zero attached hydrogens (tertiary/aromatic N) is 4. The Morgan fingerprint density at radius 2 is 2.16 bits per heavy atom. The largest absolute Gasteiger partial charge is 0.384 e. The van der Waals surface area contributed by atoms with E-state index in [9.17, 15) is 4.79 Å². The van der Waals surface area contributed by atoms with Crippen LogP contribution < -0.4 is 16.4 Å². The number of aryl methyl sites for hydroxylation is 1. The first-order valence-electron chi connectivity index (χ1n) is 7.91. The summed E-state index contributed by atoms with van der Waals surface area (Å²) in [6, 6.07) is 3.48. The normalized spacial score (nSPS) is 13.5. The lowest BCUT2D eigenvalue weighted by molar-refractivity contribution is 0.0983. The van der Waals surface area contributed by atoms with E-state index in [-0.39, 0.29) is 5.78 Å². The number of rotatable bonds is 5. The van der Waals surface area contributed by atoms with Gasteiger partial charge in [-0.1, -0.05) is 6.92 Å². The zero-order chi connectivity index (χ0) is 17.8. The van der Waals surface area contributed by atoms with E-state index in [1.54, 1.807) is 24.7 Å². The highest BCUT2D eigenvalue weighted by Gasteiger charge is 2.15. The lowest BCUT2D eigenvalue weighted by Gasteiger charge is -2.19. The van der Waals surface area contributed by atoms with Crippen LogP contribution in [-0.4, -0.2) is 33.6 Å². The molecule has 0 atom stereocenters. The molecule has 3 heterocycles. The molecule has 128 valence electrons. The van der Waals surface area contributed by atoms with Crippen molar-refractivity contribution in [3.8, 4) is 0 Å². The summed E-state index contributed by atoms with van der Waals surface area (Å²) in [7, 11) is 0. The van der Waals surface area contributed by atoms with Crippen LogP contribution in [0.4, 0.5) is 11.5 Å². The number of hydrogen-bond acceptors (Lipinski definition) is 8. The number of aliphatic imine (C=N–C) groups is 1. The molecule has 0 bridgehead atoms. The van der Waals surface area contributed by atoms with Gasteiger partial charge in [-0.25, -0.2) is 9.97 Å². The van der Waals surface area contributed by atoms with Gasteiger partial charge in [0.05, 0.1) is 41.9 Å². The van der Waals surface area contributed by atoms with Gasteiger partial charge in [-0.15, -0.1) is 0 Å². The molecule has 0 fully saturated rings. The molecule has 2 aromatic heterocycles. The third-order valence-electron chi connectivity index (χ3n) is 3.80. The Labute approximate surface area is 145 Å². The molecule has 25 heavy (non-hydrogen) atoms. The van der Waals surface area contributed by atoms with Crippen LogP contribution in [0.15, 0.2) is 35.3 Å². The number of nitrogens with one attached hydrogen (secondary N) is 2. The fraction of sp³-hybridized carbons (Fsp3) is 0.235. The van der Waals surface area contributed by atoms with Gasteiger partial charge < -0.3 is 16.4 Å². The van der Waals surface area contributed by atoms with Crippen molar-refractivity contribution in [1.82, 2.24) is 20.3 Å². The summed E-state index contributed by atoms with van der Waals surface area (Å²) < 4.78 is 0. The first kappa shape index (κ1) is 16.6. The van der Waals surface area contributed by atoms with Crippen molar-refractivity contribution in [2.24, 2.45) is 4.99 Å². The number of Topliss-reactive ketones (excluding diaryl/α,β-unsaturated/α-hetero) is 1. The zero-order valence-electron chi connectivity index (χ0n) is 14.1. The number of nitrogens with two attached hydrogens (primary N) is 1. The standard InChI is InChI=1S/C17H19N7O/c1-3-15(25)11-4-10(2)13(7-20-11)24-14-6-19-8-23-17(14)12-5-16(18)22-9-21-12/h4-5,7-9,24H,3,6H2,1-2H3,(H,19,23)(H2,18,21,22). The molecule has 0 spiro atoms. The minimum absolute atomic E-state index is 0.0231. The molecule has 3 rings (SSSR count). The van der Waals surface area contributed by atoms with E-state index in [4.69, 9.17) is 5.73 Å². The molecule has 0 saturated heterocycles. The molecule has 0 saturated carbocycles. The highest BCUT2D eigenvalue weighted by molar-refractivity contribution is 5.94. The molecule has 4 N–H and O–H groups in total. The fourth-order valence-electron chi connectivity index (χ4n) is 2.44. The van der Waals surface area contributed by atoms with Gasteiger partial charge in [-0.3, -0.25) is 14.8 Å². The van der Waals surface area contributed by atoms with E-state index in [1.807, 2.05) is 13.8 Å². The summed E-state index contributed by atoms with van der Waals surface area (Å²) in [6.07, 6.45) is 5.13. The van der Waals surface area contributed by atoms with E-state index in [0.717, 1.165) is 22.6 Å². The van der Waals surface area contributed by atoms with Crippen molar-refractivity contribution in [2.75, 3.05) is 17.6 Å². The Hall–Kier alpha value is -3.29. The van der Waals surface area contributed by atoms with Crippen LogP contribution in [0.2, 0.25) is 0 Å². The smallest absolute Gasteiger partial charge is 0.180 e. The zero-order valence-corrected chi connectivity index (χ0v) is 14.1. The summed E-state index contributed by atoms with van der Waals surface area (Å²) in [6.45, 7) is 4.21. The van der Waals surface area contributed by atoms with Crippen LogP contribution in [0.3, 0.4) is 0 Å². The third-order valence-corrected chi connectivity index (χ3v) is 3.80. The summed E-state index contributed by atoms with van der Waals surface area (Å²) >= 11 is 0. The van der Waals surface area contributed by atoms with Gasteiger partial charge in [0.1, 0.15) is 17.8 Å². The number of carbonyl (C=O) groups excluding carboxylic acids is 1. The molecule has 0 aliphatic carbocycles. The van der Waals surface area contributed by atoms with Crippen LogP contribution in [0.1, 0.15) is 35.1 Å². The van der Waals surface area contributed by atoms with E-state index in [1.165, 1.54) is 6.33 Å². The van der Waals surface area contributed by atoms with Crippen molar-refractivity contribution in [3.63, 3.8) is 0 Å². The predicted octanol–water partition coefficient (Wildman–Crippen LogP) is 1.77. The van der Waals surface area contributed by atoms with Gasteiger partial charge in [-0.05, 0) is 18.6 Å². The van der Waals surface area contributed by atoms with Crippen molar-refractivity contribution < 1.29 is 4.79 Å². The summed E-state index contributed by atoms with van der Waals surface area (Å²) in [5.74, 6) is 0.413. The third kappa shape index (κ3) is 3.63. The first-order valence-corrected chi connectivity index (χ1v) is 7.91. The van der Waals surface area contributed by atoms with Crippen molar-refractivity contribution >= 4 is 29.3 Å². The second-order valence-corrected chi connectivity index (χ2v) is 5.58. The number of pyridine rings is 1. The number of hydrogen-bond donors (Lipinski definition) is 3. The number of carbonyl (C=O) groups is 1.